The number of Topliss-reactive ketones (excluding diaryl/α,β-unsaturated/α-hetero) is 1. The number of nitrogens with zero attached hydrogens (tertiary/aromatic N) is 4. The van der Waals surface area contributed by atoms with E-state index in [0.717, 1.165) is 21.4 Å². The molecule has 0 N–H and O–H groups in total. The van der Waals surface area contributed by atoms with Gasteiger partial charge in [-0.15, -0.1) is 6.58 Å². The molecule has 1 saturated carbocycles. The highest BCUT2D eigenvalue weighted by Gasteiger charge is 2.63. The van der Waals surface area contributed by atoms with Crippen molar-refractivity contribution in [3.63, 3.8) is 0 Å². The molecule has 0 radical (unpaired) electrons. The van der Waals surface area contributed by atoms with Crippen LogP contribution in [0.5, 0.6) is 0 Å². The van der Waals surface area contributed by atoms with Crippen LogP contribution in [0.1, 0.15) is 39.2 Å². The van der Waals surface area contributed by atoms with Gasteiger partial charge < -0.3 is 14.8 Å². The molecule has 1 fully saturated rings. The first-order valence-corrected chi connectivity index (χ1v) is 10.9. The van der Waals surface area contributed by atoms with Crippen LogP contribution >= 0.6 is 0 Å². The maximum Gasteiger partial charge on any atom is 0.442 e. The summed E-state index contributed by atoms with van der Waals surface area (Å²) in [5.41, 5.74) is 7.59. The second-order valence-electron chi connectivity index (χ2n) is 9.42. The van der Waals surface area contributed by atoms with E-state index < -0.39 is 40.3 Å². The molecule has 1 aromatic heterocycles. The number of hydrogen-bond acceptors (Lipinski definition) is 5. The van der Waals surface area contributed by atoms with Gasteiger partial charge in [-0.25, -0.2) is 4.79 Å². The van der Waals surface area contributed by atoms with E-state index in [9.17, 15) is 24.7 Å². The quantitative estimate of drug-likeness (QED) is 0.148. The number of amides is 2. The minimum absolute atomic E-state index is 0.0573. The largest absolute Gasteiger partial charge is 0.451 e. The fourth-order valence-corrected chi connectivity index (χ4v) is 3.91. The van der Waals surface area contributed by atoms with Crippen molar-refractivity contribution in [1.29, 1.82) is 0 Å². The number of benzene rings is 1. The van der Waals surface area contributed by atoms with Crippen LogP contribution in [0.4, 0.5) is 0 Å². The van der Waals surface area contributed by atoms with Gasteiger partial charge in [0.1, 0.15) is 11.0 Å². The van der Waals surface area contributed by atoms with E-state index in [2.05, 4.69) is 11.4 Å². The standard InChI is InChI=1S/C25H28N4O5/c1-6-13-29(19(30)14-16-15-28(5)18-10-8-7-9-17(16)18)23(33)25(11-12-25)21(31)20(27-26)22(32)34-24(2,3)4/h6-10,15H,1,11-14H2,2-5H3. The zero-order valence-electron chi connectivity index (χ0n) is 19.8. The zero-order valence-corrected chi connectivity index (χ0v) is 19.8. The zero-order chi connectivity index (χ0) is 25.3. The van der Waals surface area contributed by atoms with Crippen LogP contribution in [-0.2, 0) is 37.4 Å². The molecule has 178 valence electrons. The van der Waals surface area contributed by atoms with Crippen LogP contribution in [0.25, 0.3) is 16.4 Å². The summed E-state index contributed by atoms with van der Waals surface area (Å²) >= 11 is 0. The highest BCUT2D eigenvalue weighted by atomic mass is 16.6. The van der Waals surface area contributed by atoms with Gasteiger partial charge in [-0.1, -0.05) is 24.3 Å². The predicted molar refractivity (Wildman–Crippen MR) is 125 cm³/mol. The minimum atomic E-state index is -1.64. The van der Waals surface area contributed by atoms with Gasteiger partial charge in [0.25, 0.3) is 5.78 Å². The molecule has 0 bridgehead atoms. The molecule has 9 heteroatoms. The molecule has 1 aromatic carbocycles. The van der Waals surface area contributed by atoms with Crippen molar-refractivity contribution in [1.82, 2.24) is 9.47 Å². The fraction of sp³-hybridized carbons (Fsp3) is 0.400. The lowest BCUT2D eigenvalue weighted by atomic mass is 9.94. The number of imide groups is 1. The number of rotatable bonds is 8. The summed E-state index contributed by atoms with van der Waals surface area (Å²) in [6.45, 7) is 8.31. The fourth-order valence-electron chi connectivity index (χ4n) is 3.91. The van der Waals surface area contributed by atoms with Gasteiger partial charge in [0.05, 0.1) is 6.42 Å². The monoisotopic (exact) mass is 464 g/mol. The highest BCUT2D eigenvalue weighted by Crippen LogP contribution is 2.48. The Morgan fingerprint density at radius 2 is 1.88 bits per heavy atom. The summed E-state index contributed by atoms with van der Waals surface area (Å²) in [6, 6.07) is 7.59. The van der Waals surface area contributed by atoms with E-state index in [1.165, 1.54) is 6.08 Å². The van der Waals surface area contributed by atoms with Crippen molar-refractivity contribution in [2.45, 2.75) is 45.6 Å². The maximum atomic E-state index is 13.4. The molecule has 0 saturated heterocycles. The molecule has 2 amide bonds. The number of aromatic nitrogens is 1. The molecule has 0 atom stereocenters. The Bertz CT molecular complexity index is 1240. The minimum Gasteiger partial charge on any atom is -0.451 e. The third-order valence-corrected chi connectivity index (χ3v) is 5.68. The van der Waals surface area contributed by atoms with Gasteiger partial charge in [0.2, 0.25) is 11.8 Å². The topological polar surface area (TPSA) is 122 Å². The number of esters is 1. The van der Waals surface area contributed by atoms with Crippen molar-refractivity contribution >= 4 is 40.2 Å². The van der Waals surface area contributed by atoms with Crippen molar-refractivity contribution in [2.75, 3.05) is 6.54 Å². The number of aryl methyl sites for hydroxylation is 1. The molecular formula is C25H28N4O5. The molecule has 0 aliphatic heterocycles. The van der Waals surface area contributed by atoms with E-state index in [4.69, 9.17) is 4.74 Å². The van der Waals surface area contributed by atoms with E-state index in [1.54, 1.807) is 20.8 Å². The summed E-state index contributed by atoms with van der Waals surface area (Å²) in [5, 5.41) is 0.890. The number of carbonyl (C=O) groups is 4. The third-order valence-electron chi connectivity index (χ3n) is 5.68. The Labute approximate surface area is 197 Å². The molecule has 1 aliphatic rings. The Kier molecular flexibility index (Phi) is 6.70. The molecule has 1 aliphatic carbocycles. The van der Waals surface area contributed by atoms with E-state index >= 15 is 0 Å². The van der Waals surface area contributed by atoms with Gasteiger partial charge >= 0.3 is 11.7 Å². The van der Waals surface area contributed by atoms with Crippen LogP contribution in [0, 0.1) is 5.41 Å². The first-order chi connectivity index (χ1) is 15.9. The van der Waals surface area contributed by atoms with Crippen LogP contribution in [-0.4, -0.2) is 55.7 Å². The number of carbonyl (C=O) groups excluding carboxylic acids is 4. The lowest BCUT2D eigenvalue weighted by Crippen LogP contribution is -2.48. The number of fused-ring (bicyclic) bond motifs is 1. The van der Waals surface area contributed by atoms with Crippen molar-refractivity contribution in [2.24, 2.45) is 12.5 Å². The molecule has 1 heterocycles. The van der Waals surface area contributed by atoms with Gasteiger partial charge in [-0.3, -0.25) is 19.3 Å². The summed E-state index contributed by atoms with van der Waals surface area (Å²) < 4.78 is 7.03. The molecule has 9 nitrogen and oxygen atoms in total. The van der Waals surface area contributed by atoms with Crippen LogP contribution in [0.2, 0.25) is 0 Å². The second kappa shape index (κ2) is 9.19. The SMILES string of the molecule is C=CCN(C(=O)Cc1cn(C)c2ccccc12)C(=O)C1(C(=O)C(=[N+]=[N-])C(=O)OC(C)(C)C)CC1. The van der Waals surface area contributed by atoms with E-state index in [0.29, 0.717) is 0 Å². The number of hydrogen-bond donors (Lipinski definition) is 0. The maximum absolute atomic E-state index is 13.4. The summed E-state index contributed by atoms with van der Waals surface area (Å²) in [7, 11) is 1.87. The van der Waals surface area contributed by atoms with Gasteiger partial charge in [-0.05, 0) is 45.2 Å². The van der Waals surface area contributed by atoms with Crippen molar-refractivity contribution in [3.05, 3.63) is 54.2 Å². The molecule has 34 heavy (non-hydrogen) atoms. The normalized spacial score (nSPS) is 14.1. The van der Waals surface area contributed by atoms with Crippen LogP contribution in [0.15, 0.2) is 43.1 Å². The second-order valence-corrected chi connectivity index (χ2v) is 9.42. The smallest absolute Gasteiger partial charge is 0.442 e. The van der Waals surface area contributed by atoms with Gasteiger partial charge in [0, 0.05) is 30.7 Å². The average Bonchev–Trinajstić information content (AvgIpc) is 3.52. The van der Waals surface area contributed by atoms with E-state index in [1.807, 2.05) is 42.1 Å². The van der Waals surface area contributed by atoms with E-state index in [-0.39, 0.29) is 25.8 Å². The lowest BCUT2D eigenvalue weighted by molar-refractivity contribution is -0.153. The third kappa shape index (κ3) is 4.75. The van der Waals surface area contributed by atoms with Crippen molar-refractivity contribution < 1.29 is 28.7 Å². The summed E-state index contributed by atoms with van der Waals surface area (Å²) in [4.78, 5) is 56.0. The number of para-hydroxylation sites is 1. The molecule has 0 spiro atoms. The van der Waals surface area contributed by atoms with Gasteiger partial charge in [0.15, 0.2) is 0 Å². The molecule has 3 rings (SSSR count). The Morgan fingerprint density at radius 3 is 2.44 bits per heavy atom. The summed E-state index contributed by atoms with van der Waals surface area (Å²) in [6.07, 6.45) is 3.42. The first-order valence-electron chi connectivity index (χ1n) is 10.9. The Balaban J connectivity index is 1.86. The van der Waals surface area contributed by atoms with Crippen LogP contribution in [0.3, 0.4) is 0 Å². The predicted octanol–water partition coefficient (Wildman–Crippen LogP) is 2.62. The van der Waals surface area contributed by atoms with Crippen LogP contribution < -0.4 is 0 Å². The lowest BCUT2D eigenvalue weighted by Gasteiger charge is -2.23. The summed E-state index contributed by atoms with van der Waals surface area (Å²) in [5.74, 6) is -3.33. The molecular weight excluding hydrogens is 436 g/mol. The first kappa shape index (κ1) is 24.8. The van der Waals surface area contributed by atoms with Crippen molar-refractivity contribution in [3.8, 4) is 0 Å². The Hall–Kier alpha value is -3.84. The Morgan fingerprint density at radius 1 is 1.24 bits per heavy atom. The number of ketones is 1. The molecule has 2 aromatic rings. The van der Waals surface area contributed by atoms with Gasteiger partial charge in [-0.2, -0.15) is 4.79 Å². The highest BCUT2D eigenvalue weighted by molar-refractivity contribution is 6.65. The number of ether oxygens (including phenoxy) is 1. The average molecular weight is 465 g/mol. The molecule has 0 unspecified atom stereocenters.